The molecule has 1 aliphatic carbocycles. The molecule has 2 aliphatic rings. The fourth-order valence-electron chi connectivity index (χ4n) is 4.77. The van der Waals surface area contributed by atoms with Crippen molar-refractivity contribution in [3.05, 3.63) is 36.1 Å². The van der Waals surface area contributed by atoms with Crippen LogP contribution in [0.5, 0.6) is 0 Å². The number of hydrogen-bond donors (Lipinski definition) is 1. The lowest BCUT2D eigenvalue weighted by atomic mass is 10.0. The van der Waals surface area contributed by atoms with Crippen molar-refractivity contribution >= 4 is 5.82 Å². The van der Waals surface area contributed by atoms with Gasteiger partial charge in [0.05, 0.1) is 17.4 Å². The van der Waals surface area contributed by atoms with Crippen LogP contribution in [0.4, 0.5) is 5.82 Å². The minimum atomic E-state index is 0.172. The summed E-state index contributed by atoms with van der Waals surface area (Å²) in [6.45, 7) is 4.82. The van der Waals surface area contributed by atoms with Crippen LogP contribution in [0, 0.1) is 6.92 Å². The molecule has 3 aromatic heterocycles. The number of fused-ring (bicyclic) bond motifs is 3. The zero-order valence-corrected chi connectivity index (χ0v) is 17.0. The third-order valence-electron chi connectivity index (χ3n) is 6.09. The zero-order valence-electron chi connectivity index (χ0n) is 17.0. The minimum absolute atomic E-state index is 0.172. The summed E-state index contributed by atoms with van der Waals surface area (Å²) in [6.07, 6.45) is 12.1. The number of anilines is 1. The van der Waals surface area contributed by atoms with Gasteiger partial charge in [0.2, 0.25) is 5.95 Å². The molecule has 0 saturated heterocycles. The van der Waals surface area contributed by atoms with E-state index in [0.29, 0.717) is 18.5 Å². The Morgan fingerprint density at radius 2 is 2.00 bits per heavy atom. The second-order valence-corrected chi connectivity index (χ2v) is 7.92. The summed E-state index contributed by atoms with van der Waals surface area (Å²) < 4.78 is 3.97. The maximum atomic E-state index is 5.68. The van der Waals surface area contributed by atoms with Crippen LogP contribution in [-0.4, -0.2) is 46.9 Å². The van der Waals surface area contributed by atoms with Crippen molar-refractivity contribution in [3.8, 4) is 11.6 Å². The summed E-state index contributed by atoms with van der Waals surface area (Å²) >= 11 is 0. The van der Waals surface area contributed by atoms with Crippen LogP contribution in [0.25, 0.3) is 11.6 Å². The first kappa shape index (κ1) is 18.2. The Balaban J connectivity index is 1.67. The van der Waals surface area contributed by atoms with Gasteiger partial charge in [-0.25, -0.2) is 9.97 Å². The van der Waals surface area contributed by atoms with Crippen LogP contribution in [0.1, 0.15) is 62.3 Å². The number of aryl methyl sites for hydroxylation is 1. The van der Waals surface area contributed by atoms with Gasteiger partial charge in [-0.05, 0) is 32.7 Å². The molecule has 0 bridgehead atoms. The highest BCUT2D eigenvalue weighted by molar-refractivity contribution is 5.65. The number of nitrogens with zero attached hydrogens (tertiary/aromatic N) is 8. The summed E-state index contributed by atoms with van der Waals surface area (Å²) in [5.74, 6) is 2.61. The molecular weight excluding hydrogens is 366 g/mol. The molecule has 2 N–H and O–H groups in total. The van der Waals surface area contributed by atoms with Gasteiger partial charge in [0, 0.05) is 18.7 Å². The molecule has 5 rings (SSSR count). The topological polar surface area (TPSA) is 104 Å². The third kappa shape index (κ3) is 2.91. The molecule has 0 aromatic carbocycles. The van der Waals surface area contributed by atoms with E-state index in [-0.39, 0.29) is 6.04 Å². The maximum absolute atomic E-state index is 5.68. The van der Waals surface area contributed by atoms with Crippen LogP contribution in [0.15, 0.2) is 18.9 Å². The lowest BCUT2D eigenvalue weighted by Crippen LogP contribution is -2.42. The lowest BCUT2D eigenvalue weighted by Gasteiger charge is -2.41. The molecule has 0 radical (unpaired) electrons. The fourth-order valence-corrected chi connectivity index (χ4v) is 4.77. The average Bonchev–Trinajstić information content (AvgIpc) is 3.47. The molecule has 9 heteroatoms. The second kappa shape index (κ2) is 7.22. The molecule has 1 saturated carbocycles. The standard InChI is InChI=1S/C20H27N9/c1-3-16-18-26-23-12-28(18)17-13(2)24-20(27-10-14(8-9-21)22-11-27)25-19(17)29(16)15-6-4-5-7-15/h10-12,15-16H,3-9,21H2,1-2H3/t16-/m1/s1. The Morgan fingerprint density at radius 3 is 2.76 bits per heavy atom. The molecule has 1 fully saturated rings. The van der Waals surface area contributed by atoms with Gasteiger partial charge in [0.25, 0.3) is 0 Å². The molecule has 3 aromatic rings. The molecule has 152 valence electrons. The zero-order chi connectivity index (χ0) is 20.0. The highest BCUT2D eigenvalue weighted by Crippen LogP contribution is 2.43. The summed E-state index contributed by atoms with van der Waals surface area (Å²) in [5, 5.41) is 8.67. The van der Waals surface area contributed by atoms with Crippen molar-refractivity contribution in [1.82, 2.24) is 34.3 Å². The van der Waals surface area contributed by atoms with E-state index in [1.807, 2.05) is 17.7 Å². The molecular formula is C20H27N9. The number of aromatic nitrogens is 7. The number of hydrogen-bond acceptors (Lipinski definition) is 7. The number of nitrogens with two attached hydrogens (primary N) is 1. The van der Waals surface area contributed by atoms with E-state index in [4.69, 9.17) is 15.7 Å². The van der Waals surface area contributed by atoms with Gasteiger partial charge >= 0.3 is 0 Å². The molecule has 0 unspecified atom stereocenters. The maximum Gasteiger partial charge on any atom is 0.237 e. The third-order valence-corrected chi connectivity index (χ3v) is 6.09. The van der Waals surface area contributed by atoms with Crippen LogP contribution >= 0.6 is 0 Å². The van der Waals surface area contributed by atoms with E-state index < -0.39 is 0 Å². The molecule has 1 aliphatic heterocycles. The summed E-state index contributed by atoms with van der Waals surface area (Å²) in [7, 11) is 0. The molecule has 4 heterocycles. The van der Waals surface area contributed by atoms with Crippen LogP contribution in [0.3, 0.4) is 0 Å². The summed E-state index contributed by atoms with van der Waals surface area (Å²) in [6, 6.07) is 0.646. The quantitative estimate of drug-likeness (QED) is 0.709. The van der Waals surface area contributed by atoms with Gasteiger partial charge in [-0.2, -0.15) is 4.98 Å². The van der Waals surface area contributed by atoms with E-state index in [1.165, 1.54) is 25.7 Å². The van der Waals surface area contributed by atoms with Gasteiger partial charge in [0.15, 0.2) is 11.6 Å². The SMILES string of the molecule is CC[C@@H]1c2nncn2-c2c(C)nc(-n3cnc(CCN)c3)nc2N1C1CCCC1. The molecule has 1 atom stereocenters. The lowest BCUT2D eigenvalue weighted by molar-refractivity contribution is 0.467. The van der Waals surface area contributed by atoms with Gasteiger partial charge in [-0.3, -0.25) is 9.13 Å². The largest absolute Gasteiger partial charge is 0.341 e. The molecule has 29 heavy (non-hydrogen) atoms. The van der Waals surface area contributed by atoms with E-state index >= 15 is 0 Å². The fraction of sp³-hybridized carbons (Fsp3) is 0.550. The number of rotatable bonds is 5. The van der Waals surface area contributed by atoms with Crippen LogP contribution in [0.2, 0.25) is 0 Å². The molecule has 0 spiro atoms. The predicted octanol–water partition coefficient (Wildman–Crippen LogP) is 2.27. The predicted molar refractivity (Wildman–Crippen MR) is 109 cm³/mol. The summed E-state index contributed by atoms with van der Waals surface area (Å²) in [5.41, 5.74) is 8.53. The Hall–Kier alpha value is -2.81. The minimum Gasteiger partial charge on any atom is -0.341 e. The molecule has 9 nitrogen and oxygen atoms in total. The monoisotopic (exact) mass is 393 g/mol. The Morgan fingerprint density at radius 1 is 1.17 bits per heavy atom. The van der Waals surface area contributed by atoms with E-state index in [0.717, 1.165) is 41.6 Å². The first-order valence-electron chi connectivity index (χ1n) is 10.5. The van der Waals surface area contributed by atoms with E-state index in [1.54, 1.807) is 12.7 Å². The summed E-state index contributed by atoms with van der Waals surface area (Å²) in [4.78, 5) is 16.8. The van der Waals surface area contributed by atoms with Crippen molar-refractivity contribution in [2.45, 2.75) is 64.5 Å². The molecule has 0 amide bonds. The first-order chi connectivity index (χ1) is 14.2. The van der Waals surface area contributed by atoms with Crippen molar-refractivity contribution in [1.29, 1.82) is 0 Å². The average molecular weight is 393 g/mol. The van der Waals surface area contributed by atoms with E-state index in [9.17, 15) is 0 Å². The van der Waals surface area contributed by atoms with Crippen molar-refractivity contribution < 1.29 is 0 Å². The van der Waals surface area contributed by atoms with Crippen molar-refractivity contribution in [2.75, 3.05) is 11.4 Å². The van der Waals surface area contributed by atoms with Crippen LogP contribution < -0.4 is 10.6 Å². The Kier molecular flexibility index (Phi) is 4.54. The van der Waals surface area contributed by atoms with Crippen LogP contribution in [-0.2, 0) is 6.42 Å². The van der Waals surface area contributed by atoms with Gasteiger partial charge in [0.1, 0.15) is 18.3 Å². The highest BCUT2D eigenvalue weighted by atomic mass is 15.4. The van der Waals surface area contributed by atoms with Crippen molar-refractivity contribution in [2.24, 2.45) is 5.73 Å². The van der Waals surface area contributed by atoms with Crippen molar-refractivity contribution in [3.63, 3.8) is 0 Å². The van der Waals surface area contributed by atoms with Gasteiger partial charge in [-0.15, -0.1) is 10.2 Å². The second-order valence-electron chi connectivity index (χ2n) is 7.92. The number of imidazole rings is 1. The highest BCUT2D eigenvalue weighted by Gasteiger charge is 2.39. The van der Waals surface area contributed by atoms with E-state index in [2.05, 4.69) is 31.6 Å². The van der Waals surface area contributed by atoms with Gasteiger partial charge in [-0.1, -0.05) is 19.8 Å². The first-order valence-corrected chi connectivity index (χ1v) is 10.5. The van der Waals surface area contributed by atoms with Gasteiger partial charge < -0.3 is 10.6 Å². The Bertz CT molecular complexity index is 1010. The Labute approximate surface area is 170 Å². The smallest absolute Gasteiger partial charge is 0.237 e. The normalized spacial score (nSPS) is 18.9.